The van der Waals surface area contributed by atoms with Gasteiger partial charge in [-0.25, -0.2) is 19.9 Å². The monoisotopic (exact) mass is 350 g/mol. The van der Waals surface area contributed by atoms with Gasteiger partial charge in [-0.2, -0.15) is 0 Å². The average Bonchev–Trinajstić information content (AvgIpc) is 3.27. The van der Waals surface area contributed by atoms with Crippen LogP contribution in [0.5, 0.6) is 0 Å². The molecule has 0 fully saturated rings. The number of rotatable bonds is 2. The fourth-order valence-electron chi connectivity index (χ4n) is 3.32. The van der Waals surface area contributed by atoms with Gasteiger partial charge in [0.2, 0.25) is 0 Å². The first-order valence-electron chi connectivity index (χ1n) is 8.51. The molecule has 1 aliphatic rings. The molecule has 0 aliphatic carbocycles. The van der Waals surface area contributed by atoms with Gasteiger partial charge in [0.25, 0.3) is 0 Å². The molecule has 0 saturated carbocycles. The highest BCUT2D eigenvalue weighted by Gasteiger charge is 2.20. The summed E-state index contributed by atoms with van der Waals surface area (Å²) in [6.07, 6.45) is 5.54. The van der Waals surface area contributed by atoms with E-state index >= 15 is 0 Å². The summed E-state index contributed by atoms with van der Waals surface area (Å²) >= 11 is 0. The number of nitrogens with one attached hydrogen (secondary N) is 1. The normalized spacial score (nSPS) is 14.0. The lowest BCUT2D eigenvalue weighted by molar-refractivity contribution is 0.556. The lowest BCUT2D eigenvalue weighted by Gasteiger charge is -2.28. The minimum absolute atomic E-state index is 0. The molecule has 0 atom stereocenters. The summed E-state index contributed by atoms with van der Waals surface area (Å²) in [6.45, 7) is 4.47. The van der Waals surface area contributed by atoms with Crippen molar-refractivity contribution in [1.29, 1.82) is 0 Å². The standard InChI is InChI=1S/C18H18N8.2H2/c1-11-2-3-12-13(8-11)23-18(22-12)16-17(19)21-9-14(24-16)26-7-6-25-5-4-20-15(25)10-26;;/h2-5,8-9H,6-7,10H2,1H3,(H2,19,21)(H,22,23);2*1H. The van der Waals surface area contributed by atoms with E-state index in [1.807, 2.05) is 24.5 Å². The molecule has 0 amide bonds. The van der Waals surface area contributed by atoms with Gasteiger partial charge in [-0.15, -0.1) is 0 Å². The number of hydrogen-bond acceptors (Lipinski definition) is 6. The number of nitrogens with two attached hydrogens (primary N) is 1. The maximum atomic E-state index is 6.09. The van der Waals surface area contributed by atoms with Crippen molar-refractivity contribution in [1.82, 2.24) is 29.5 Å². The van der Waals surface area contributed by atoms with Crippen LogP contribution in [0.4, 0.5) is 11.6 Å². The molecule has 8 nitrogen and oxygen atoms in total. The summed E-state index contributed by atoms with van der Waals surface area (Å²) in [5.74, 6) is 2.80. The number of hydrogen-bond donors (Lipinski definition) is 2. The molecule has 0 radical (unpaired) electrons. The number of nitrogen functional groups attached to an aromatic ring is 1. The number of anilines is 2. The number of aromatic nitrogens is 6. The Kier molecular flexibility index (Phi) is 3.18. The molecular formula is C18H22N8. The van der Waals surface area contributed by atoms with E-state index in [4.69, 9.17) is 10.7 Å². The predicted octanol–water partition coefficient (Wildman–Crippen LogP) is 2.62. The maximum Gasteiger partial charge on any atom is 0.161 e. The number of fused-ring (bicyclic) bond motifs is 2. The summed E-state index contributed by atoms with van der Waals surface area (Å²) in [6, 6.07) is 6.08. The molecule has 26 heavy (non-hydrogen) atoms. The molecule has 0 saturated heterocycles. The molecule has 3 aromatic heterocycles. The van der Waals surface area contributed by atoms with E-state index < -0.39 is 0 Å². The third-order valence-electron chi connectivity index (χ3n) is 4.72. The van der Waals surface area contributed by atoms with Crippen molar-refractivity contribution in [3.8, 4) is 11.5 Å². The Bertz CT molecular complexity index is 1120. The highest BCUT2D eigenvalue weighted by atomic mass is 15.3. The van der Waals surface area contributed by atoms with Gasteiger partial charge in [0.15, 0.2) is 17.3 Å². The number of aromatic amines is 1. The molecule has 8 heteroatoms. The van der Waals surface area contributed by atoms with Crippen molar-refractivity contribution in [2.24, 2.45) is 0 Å². The SMILES string of the molecule is Cc1ccc2nc(-c3nc(N4CCn5ccnc5C4)cnc3N)[nH]c2c1.[HH].[HH]. The number of benzene rings is 1. The van der Waals surface area contributed by atoms with Gasteiger partial charge in [0, 0.05) is 28.3 Å². The minimum atomic E-state index is 0. The molecule has 4 heterocycles. The van der Waals surface area contributed by atoms with Crippen LogP contribution in [-0.4, -0.2) is 36.0 Å². The molecule has 4 aromatic rings. The van der Waals surface area contributed by atoms with Crippen molar-refractivity contribution < 1.29 is 2.85 Å². The van der Waals surface area contributed by atoms with Crippen LogP contribution < -0.4 is 10.6 Å². The van der Waals surface area contributed by atoms with E-state index in [0.29, 0.717) is 23.9 Å². The summed E-state index contributed by atoms with van der Waals surface area (Å²) < 4.78 is 2.16. The van der Waals surface area contributed by atoms with Gasteiger partial charge < -0.3 is 20.2 Å². The first-order chi connectivity index (χ1) is 12.7. The summed E-state index contributed by atoms with van der Waals surface area (Å²) in [5.41, 5.74) is 9.69. The van der Waals surface area contributed by atoms with E-state index in [-0.39, 0.29) is 2.85 Å². The van der Waals surface area contributed by atoms with Gasteiger partial charge in [-0.05, 0) is 24.6 Å². The van der Waals surface area contributed by atoms with Gasteiger partial charge in [-0.1, -0.05) is 6.07 Å². The van der Waals surface area contributed by atoms with E-state index in [0.717, 1.165) is 35.8 Å². The molecule has 1 aromatic carbocycles. The van der Waals surface area contributed by atoms with Crippen LogP contribution >= 0.6 is 0 Å². The second kappa shape index (κ2) is 5.55. The minimum Gasteiger partial charge on any atom is -0.382 e. The molecule has 0 bridgehead atoms. The topological polar surface area (TPSA) is 102 Å². The molecule has 1 aliphatic heterocycles. The van der Waals surface area contributed by atoms with Crippen LogP contribution in [0.1, 0.15) is 14.2 Å². The van der Waals surface area contributed by atoms with Gasteiger partial charge in [0.1, 0.15) is 11.6 Å². The first-order valence-corrected chi connectivity index (χ1v) is 8.51. The summed E-state index contributed by atoms with van der Waals surface area (Å²) in [5, 5.41) is 0. The van der Waals surface area contributed by atoms with Gasteiger partial charge in [-0.3, -0.25) is 0 Å². The number of H-pyrrole nitrogens is 1. The Morgan fingerprint density at radius 1 is 1.19 bits per heavy atom. The van der Waals surface area contributed by atoms with E-state index in [9.17, 15) is 0 Å². The van der Waals surface area contributed by atoms with Crippen molar-refractivity contribution in [3.63, 3.8) is 0 Å². The highest BCUT2D eigenvalue weighted by molar-refractivity contribution is 5.81. The lowest BCUT2D eigenvalue weighted by atomic mass is 10.2. The predicted molar refractivity (Wildman–Crippen MR) is 104 cm³/mol. The van der Waals surface area contributed by atoms with Crippen LogP contribution in [-0.2, 0) is 13.1 Å². The van der Waals surface area contributed by atoms with Crippen LogP contribution in [0.15, 0.2) is 36.8 Å². The fourth-order valence-corrected chi connectivity index (χ4v) is 3.32. The molecule has 0 spiro atoms. The van der Waals surface area contributed by atoms with Gasteiger partial charge >= 0.3 is 0 Å². The quantitative estimate of drug-likeness (QED) is 0.576. The van der Waals surface area contributed by atoms with Crippen molar-refractivity contribution in [2.75, 3.05) is 17.2 Å². The van der Waals surface area contributed by atoms with Crippen LogP contribution in [0.25, 0.3) is 22.6 Å². The van der Waals surface area contributed by atoms with Crippen molar-refractivity contribution in [2.45, 2.75) is 20.0 Å². The molecular weight excluding hydrogens is 328 g/mol. The van der Waals surface area contributed by atoms with Crippen molar-refractivity contribution in [3.05, 3.63) is 48.2 Å². The Balaban J connectivity index is 0.00000112. The smallest absolute Gasteiger partial charge is 0.161 e. The fraction of sp³-hybridized carbons (Fsp3) is 0.222. The Morgan fingerprint density at radius 3 is 3.04 bits per heavy atom. The molecule has 5 rings (SSSR count). The molecule has 3 N–H and O–H groups in total. The largest absolute Gasteiger partial charge is 0.382 e. The summed E-state index contributed by atoms with van der Waals surface area (Å²) in [7, 11) is 0. The zero-order valence-corrected chi connectivity index (χ0v) is 14.3. The molecule has 134 valence electrons. The van der Waals surface area contributed by atoms with Gasteiger partial charge in [0.05, 0.1) is 23.8 Å². The average molecular weight is 350 g/mol. The van der Waals surface area contributed by atoms with E-state index in [2.05, 4.69) is 42.4 Å². The maximum absolute atomic E-state index is 6.09. The van der Waals surface area contributed by atoms with Crippen LogP contribution in [0, 0.1) is 6.92 Å². The summed E-state index contributed by atoms with van der Waals surface area (Å²) in [4.78, 5) is 23.6. The lowest BCUT2D eigenvalue weighted by Crippen LogP contribution is -2.34. The number of nitrogens with zero attached hydrogens (tertiary/aromatic N) is 6. The Hall–Kier alpha value is -3.42. The highest BCUT2D eigenvalue weighted by Crippen LogP contribution is 2.26. The third kappa shape index (κ3) is 2.38. The Labute approximate surface area is 152 Å². The zero-order chi connectivity index (χ0) is 17.7. The first kappa shape index (κ1) is 14.9. The zero-order valence-electron chi connectivity index (χ0n) is 14.3. The van der Waals surface area contributed by atoms with E-state index in [1.165, 1.54) is 5.56 Å². The van der Waals surface area contributed by atoms with Crippen molar-refractivity contribution >= 4 is 22.7 Å². The number of aryl methyl sites for hydroxylation is 1. The second-order valence-electron chi connectivity index (χ2n) is 6.53. The second-order valence-corrected chi connectivity index (χ2v) is 6.53. The number of imidazole rings is 2. The Morgan fingerprint density at radius 2 is 2.12 bits per heavy atom. The van der Waals surface area contributed by atoms with E-state index in [1.54, 1.807) is 6.20 Å². The van der Waals surface area contributed by atoms with Crippen LogP contribution in [0.3, 0.4) is 0 Å². The third-order valence-corrected chi connectivity index (χ3v) is 4.72. The molecule has 0 unspecified atom stereocenters. The van der Waals surface area contributed by atoms with Crippen LogP contribution in [0.2, 0.25) is 0 Å².